The van der Waals surface area contributed by atoms with Gasteiger partial charge in [-0.1, -0.05) is 68.9 Å². The SMILES string of the molecule is CCn1c(=O)c2ccccc2n2c(CSc3nnc(-c4ccc(C(C)(C)C)cc4)n3C)nnc12. The summed E-state index contributed by atoms with van der Waals surface area (Å²) in [6.45, 7) is 9.08. The van der Waals surface area contributed by atoms with Gasteiger partial charge >= 0.3 is 0 Å². The Morgan fingerprint density at radius 1 is 0.941 bits per heavy atom. The summed E-state index contributed by atoms with van der Waals surface area (Å²) in [4.78, 5) is 12.9. The minimum atomic E-state index is -0.0485. The summed E-state index contributed by atoms with van der Waals surface area (Å²) in [6, 6.07) is 16.1. The molecule has 0 aliphatic rings. The topological polar surface area (TPSA) is 82.9 Å². The number of hydrogen-bond acceptors (Lipinski definition) is 6. The lowest BCUT2D eigenvalue weighted by Crippen LogP contribution is -2.22. The van der Waals surface area contributed by atoms with Gasteiger partial charge in [0, 0.05) is 19.2 Å². The standard InChI is InChI=1S/C25H27N7OS/c1-6-31-22(33)18-9-7-8-10-19(18)32-20(26-28-23(31)32)15-34-24-29-27-21(30(24)5)16-11-13-17(14-12-16)25(2,3)4/h7-14H,6,15H2,1-5H3. The van der Waals surface area contributed by atoms with Crippen LogP contribution in [0.15, 0.2) is 58.5 Å². The molecule has 0 aliphatic carbocycles. The van der Waals surface area contributed by atoms with Gasteiger partial charge in [0.2, 0.25) is 5.78 Å². The number of thioether (sulfide) groups is 1. The summed E-state index contributed by atoms with van der Waals surface area (Å²) < 4.78 is 5.63. The molecule has 0 N–H and O–H groups in total. The van der Waals surface area contributed by atoms with Crippen molar-refractivity contribution in [3.8, 4) is 11.4 Å². The van der Waals surface area contributed by atoms with Crippen LogP contribution in [0.3, 0.4) is 0 Å². The van der Waals surface area contributed by atoms with E-state index in [1.807, 2.05) is 47.2 Å². The van der Waals surface area contributed by atoms with Gasteiger partial charge in [-0.25, -0.2) is 0 Å². The Balaban J connectivity index is 1.47. The second-order valence-corrected chi connectivity index (χ2v) is 10.2. The molecule has 8 nitrogen and oxygen atoms in total. The zero-order valence-corrected chi connectivity index (χ0v) is 20.8. The second kappa shape index (κ2) is 8.39. The molecule has 0 amide bonds. The van der Waals surface area contributed by atoms with Crippen molar-refractivity contribution in [3.63, 3.8) is 0 Å². The van der Waals surface area contributed by atoms with Gasteiger partial charge in [-0.15, -0.1) is 20.4 Å². The number of rotatable bonds is 5. The first-order valence-electron chi connectivity index (χ1n) is 11.3. The van der Waals surface area contributed by atoms with E-state index in [9.17, 15) is 4.79 Å². The number of para-hydroxylation sites is 1. The minimum Gasteiger partial charge on any atom is -0.305 e. The van der Waals surface area contributed by atoms with E-state index in [0.717, 1.165) is 27.9 Å². The molecule has 0 atom stereocenters. The average Bonchev–Trinajstić information content (AvgIpc) is 3.41. The fourth-order valence-corrected chi connectivity index (χ4v) is 4.96. The third-order valence-electron chi connectivity index (χ3n) is 6.07. The molecule has 0 saturated heterocycles. The highest BCUT2D eigenvalue weighted by Gasteiger charge is 2.18. The predicted octanol–water partition coefficient (Wildman–Crippen LogP) is 4.45. The summed E-state index contributed by atoms with van der Waals surface area (Å²) in [5.41, 5.74) is 3.18. The molecule has 0 unspecified atom stereocenters. The third kappa shape index (κ3) is 3.69. The molecule has 9 heteroatoms. The predicted molar refractivity (Wildman–Crippen MR) is 135 cm³/mol. The van der Waals surface area contributed by atoms with Gasteiger partial charge < -0.3 is 4.57 Å². The van der Waals surface area contributed by atoms with E-state index >= 15 is 0 Å². The monoisotopic (exact) mass is 473 g/mol. The second-order valence-electron chi connectivity index (χ2n) is 9.30. The summed E-state index contributed by atoms with van der Waals surface area (Å²) in [6.07, 6.45) is 0. The van der Waals surface area contributed by atoms with Crippen molar-refractivity contribution in [1.82, 2.24) is 33.9 Å². The summed E-state index contributed by atoms with van der Waals surface area (Å²) in [5.74, 6) is 2.68. The van der Waals surface area contributed by atoms with E-state index in [4.69, 9.17) is 0 Å². The summed E-state index contributed by atoms with van der Waals surface area (Å²) >= 11 is 1.55. The number of aromatic nitrogens is 7. The smallest absolute Gasteiger partial charge is 0.262 e. The van der Waals surface area contributed by atoms with Crippen molar-refractivity contribution in [2.45, 2.75) is 50.6 Å². The molecule has 3 aromatic heterocycles. The van der Waals surface area contributed by atoms with Crippen molar-refractivity contribution < 1.29 is 0 Å². The van der Waals surface area contributed by atoms with Crippen LogP contribution in [-0.2, 0) is 24.8 Å². The normalized spacial score (nSPS) is 12.1. The average molecular weight is 474 g/mol. The van der Waals surface area contributed by atoms with Crippen LogP contribution in [0.1, 0.15) is 39.1 Å². The summed E-state index contributed by atoms with van der Waals surface area (Å²) in [7, 11) is 1.97. The molecule has 0 spiro atoms. The number of benzene rings is 2. The van der Waals surface area contributed by atoms with E-state index in [1.54, 1.807) is 16.3 Å². The molecule has 5 rings (SSSR count). The van der Waals surface area contributed by atoms with Crippen molar-refractivity contribution in [1.29, 1.82) is 0 Å². The maximum atomic E-state index is 12.9. The van der Waals surface area contributed by atoms with Gasteiger partial charge in [0.25, 0.3) is 5.56 Å². The maximum Gasteiger partial charge on any atom is 0.262 e. The molecule has 0 saturated carbocycles. The Bertz CT molecular complexity index is 1560. The van der Waals surface area contributed by atoms with E-state index in [1.165, 1.54) is 5.56 Å². The summed E-state index contributed by atoms with van der Waals surface area (Å²) in [5, 5.41) is 19.0. The molecule has 2 aromatic carbocycles. The van der Waals surface area contributed by atoms with Crippen molar-refractivity contribution in [2.75, 3.05) is 0 Å². The molecule has 0 aliphatic heterocycles. The highest BCUT2D eigenvalue weighted by Crippen LogP contribution is 2.28. The Kier molecular flexibility index (Phi) is 5.51. The molecular formula is C25H27N7OS. The first-order chi connectivity index (χ1) is 16.3. The van der Waals surface area contributed by atoms with E-state index in [2.05, 4.69) is 65.4 Å². The van der Waals surface area contributed by atoms with Gasteiger partial charge in [0.15, 0.2) is 11.0 Å². The zero-order chi connectivity index (χ0) is 24.0. The van der Waals surface area contributed by atoms with E-state index in [0.29, 0.717) is 23.5 Å². The lowest BCUT2D eigenvalue weighted by atomic mass is 9.87. The molecular weight excluding hydrogens is 446 g/mol. The van der Waals surface area contributed by atoms with E-state index in [-0.39, 0.29) is 11.0 Å². The Hall–Kier alpha value is -3.46. The lowest BCUT2D eigenvalue weighted by Gasteiger charge is -2.19. The van der Waals surface area contributed by atoms with Crippen LogP contribution in [0.25, 0.3) is 28.1 Å². The molecule has 3 heterocycles. The molecule has 0 bridgehead atoms. The molecule has 5 aromatic rings. The van der Waals surface area contributed by atoms with Crippen LogP contribution in [0.4, 0.5) is 0 Å². The van der Waals surface area contributed by atoms with Crippen molar-refractivity contribution >= 4 is 28.4 Å². The van der Waals surface area contributed by atoms with Crippen LogP contribution in [0.5, 0.6) is 0 Å². The zero-order valence-electron chi connectivity index (χ0n) is 20.0. The fourth-order valence-electron chi connectivity index (χ4n) is 4.13. The maximum absolute atomic E-state index is 12.9. The highest BCUT2D eigenvalue weighted by molar-refractivity contribution is 7.98. The molecule has 34 heavy (non-hydrogen) atoms. The van der Waals surface area contributed by atoms with Crippen molar-refractivity contribution in [2.24, 2.45) is 7.05 Å². The minimum absolute atomic E-state index is 0.0485. The lowest BCUT2D eigenvalue weighted by molar-refractivity contribution is 0.590. The van der Waals surface area contributed by atoms with Crippen LogP contribution in [-0.4, -0.2) is 33.9 Å². The quantitative estimate of drug-likeness (QED) is 0.351. The highest BCUT2D eigenvalue weighted by atomic mass is 32.2. The van der Waals surface area contributed by atoms with E-state index < -0.39 is 0 Å². The van der Waals surface area contributed by atoms with Crippen molar-refractivity contribution in [3.05, 3.63) is 70.3 Å². The largest absolute Gasteiger partial charge is 0.305 e. The Labute approximate surface area is 201 Å². The van der Waals surface area contributed by atoms with Crippen LogP contribution < -0.4 is 5.56 Å². The number of hydrogen-bond donors (Lipinski definition) is 0. The number of aryl methyl sites for hydroxylation is 1. The molecule has 0 fully saturated rings. The molecule has 174 valence electrons. The fraction of sp³-hybridized carbons (Fsp3) is 0.320. The Morgan fingerprint density at radius 2 is 1.68 bits per heavy atom. The van der Waals surface area contributed by atoms with Gasteiger partial charge in [-0.2, -0.15) is 0 Å². The first-order valence-corrected chi connectivity index (χ1v) is 12.3. The van der Waals surface area contributed by atoms with Crippen LogP contribution >= 0.6 is 11.8 Å². The van der Waals surface area contributed by atoms with Gasteiger partial charge in [0.1, 0.15) is 5.82 Å². The van der Waals surface area contributed by atoms with Gasteiger partial charge in [-0.3, -0.25) is 13.8 Å². The van der Waals surface area contributed by atoms with Crippen LogP contribution in [0.2, 0.25) is 0 Å². The Morgan fingerprint density at radius 3 is 2.38 bits per heavy atom. The van der Waals surface area contributed by atoms with Gasteiger partial charge in [0.05, 0.1) is 16.7 Å². The number of fused-ring (bicyclic) bond motifs is 3. The number of nitrogens with zero attached hydrogens (tertiary/aromatic N) is 7. The van der Waals surface area contributed by atoms with Gasteiger partial charge in [-0.05, 0) is 30.0 Å². The first kappa shape index (κ1) is 22.3. The molecule has 0 radical (unpaired) electrons. The third-order valence-corrected chi connectivity index (χ3v) is 7.08. The van der Waals surface area contributed by atoms with Crippen LogP contribution in [0, 0.1) is 0 Å².